The molecule has 0 amide bonds. The summed E-state index contributed by atoms with van der Waals surface area (Å²) in [5.74, 6) is 0. The van der Waals surface area contributed by atoms with Gasteiger partial charge >= 0.3 is 0 Å². The zero-order valence-electron chi connectivity index (χ0n) is 17.9. The molecule has 0 aromatic rings. The number of nitrogens with zero attached hydrogens (tertiary/aromatic N) is 1. The first kappa shape index (κ1) is 28.2. The Kier molecular flexibility index (Phi) is 26.4. The molecule has 9 nitrogen and oxygen atoms in total. The summed E-state index contributed by atoms with van der Waals surface area (Å²) in [4.78, 5) is 0. The van der Waals surface area contributed by atoms with Crippen molar-refractivity contribution in [3.63, 3.8) is 0 Å². The zero-order valence-corrected chi connectivity index (χ0v) is 17.9. The Morgan fingerprint density at radius 2 is 0.655 bits per heavy atom. The Hall–Kier alpha value is -0.830. The summed E-state index contributed by atoms with van der Waals surface area (Å²) in [5, 5.41) is 8.34. The fourth-order valence-corrected chi connectivity index (χ4v) is 1.90. The van der Waals surface area contributed by atoms with Gasteiger partial charge in [0.05, 0.1) is 112 Å². The van der Waals surface area contributed by atoms with E-state index in [4.69, 9.17) is 43.2 Å². The molecule has 29 heavy (non-hydrogen) atoms. The minimum absolute atomic E-state index is 0.410. The third-order valence-electron chi connectivity index (χ3n) is 3.31. The zero-order chi connectivity index (χ0) is 21.1. The molecule has 0 N–H and O–H groups in total. The lowest BCUT2D eigenvalue weighted by atomic mass is 10.5. The lowest BCUT2D eigenvalue weighted by Crippen LogP contribution is -2.15. The smallest absolute Gasteiger partial charge is 0.0701 e. The van der Waals surface area contributed by atoms with E-state index in [0.717, 1.165) is 13.0 Å². The quantitative estimate of drug-likeness (QED) is 0.203. The van der Waals surface area contributed by atoms with Crippen LogP contribution in [0, 0.1) is 11.3 Å². The highest BCUT2D eigenvalue weighted by molar-refractivity contribution is 4.66. The van der Waals surface area contributed by atoms with Gasteiger partial charge in [0.2, 0.25) is 0 Å². The third kappa shape index (κ3) is 27.2. The predicted molar refractivity (Wildman–Crippen MR) is 107 cm³/mol. The Morgan fingerprint density at radius 3 is 0.897 bits per heavy atom. The molecule has 0 saturated heterocycles. The molecule has 0 aromatic carbocycles. The number of ether oxygens (including phenoxy) is 8. The minimum atomic E-state index is 0.410. The molecule has 0 saturated carbocycles. The molecule has 0 aliphatic heterocycles. The van der Waals surface area contributed by atoms with Gasteiger partial charge in [-0.1, -0.05) is 6.92 Å². The van der Waals surface area contributed by atoms with E-state index < -0.39 is 0 Å². The molecule has 0 atom stereocenters. The molecule has 0 fully saturated rings. The molecule has 0 spiro atoms. The van der Waals surface area contributed by atoms with Crippen molar-refractivity contribution in [3.05, 3.63) is 0 Å². The Morgan fingerprint density at radius 1 is 0.414 bits per heavy atom. The normalized spacial score (nSPS) is 11.0. The van der Waals surface area contributed by atoms with Gasteiger partial charge in [-0.2, -0.15) is 5.26 Å². The van der Waals surface area contributed by atoms with Gasteiger partial charge in [0, 0.05) is 6.61 Å². The van der Waals surface area contributed by atoms with Crippen molar-refractivity contribution in [2.24, 2.45) is 0 Å². The largest absolute Gasteiger partial charge is 0.379 e. The highest BCUT2D eigenvalue weighted by Gasteiger charge is 1.95. The average molecular weight is 422 g/mol. The van der Waals surface area contributed by atoms with Crippen LogP contribution in [-0.2, 0) is 37.9 Å². The second kappa shape index (κ2) is 27.2. The van der Waals surface area contributed by atoms with Crippen molar-refractivity contribution < 1.29 is 37.9 Å². The van der Waals surface area contributed by atoms with E-state index in [1.165, 1.54) is 0 Å². The monoisotopic (exact) mass is 421 g/mol. The van der Waals surface area contributed by atoms with Crippen LogP contribution in [0.1, 0.15) is 19.8 Å². The summed E-state index contributed by atoms with van der Waals surface area (Å²) in [6.07, 6.45) is 1.44. The molecular formula is C20H39NO8. The molecule has 9 heteroatoms. The second-order valence-electron chi connectivity index (χ2n) is 5.81. The van der Waals surface area contributed by atoms with Crippen molar-refractivity contribution >= 4 is 0 Å². The second-order valence-corrected chi connectivity index (χ2v) is 5.81. The maximum Gasteiger partial charge on any atom is 0.0701 e. The molecule has 0 rings (SSSR count). The fourth-order valence-electron chi connectivity index (χ4n) is 1.90. The van der Waals surface area contributed by atoms with Gasteiger partial charge in [-0.05, 0) is 6.42 Å². The van der Waals surface area contributed by atoms with E-state index in [0.29, 0.717) is 106 Å². The van der Waals surface area contributed by atoms with Crippen molar-refractivity contribution in [2.75, 3.05) is 106 Å². The standard InChI is InChI=1S/C20H39NO8/c1-2-5-22-7-9-24-11-13-26-15-17-28-19-20-29-18-16-27-14-12-25-10-8-23-6-3-4-21/h2-3,5-20H2,1H3. The number of hydrogen-bond acceptors (Lipinski definition) is 9. The molecule has 0 heterocycles. The predicted octanol–water partition coefficient (Wildman–Crippen LogP) is 1.44. The average Bonchev–Trinajstić information content (AvgIpc) is 2.74. The van der Waals surface area contributed by atoms with Crippen molar-refractivity contribution in [2.45, 2.75) is 19.8 Å². The van der Waals surface area contributed by atoms with Crippen molar-refractivity contribution in [1.82, 2.24) is 0 Å². The fraction of sp³-hybridized carbons (Fsp3) is 0.950. The summed E-state index contributed by atoms with van der Waals surface area (Å²) in [5.41, 5.74) is 0. The van der Waals surface area contributed by atoms with Gasteiger partial charge in [0.15, 0.2) is 0 Å². The molecule has 0 bridgehead atoms. The number of hydrogen-bond donors (Lipinski definition) is 0. The molecule has 0 unspecified atom stereocenters. The maximum absolute atomic E-state index is 8.34. The van der Waals surface area contributed by atoms with Crippen molar-refractivity contribution in [3.8, 4) is 6.07 Å². The van der Waals surface area contributed by atoms with Gasteiger partial charge in [-0.3, -0.25) is 0 Å². The lowest BCUT2D eigenvalue weighted by Gasteiger charge is -2.08. The Balaban J connectivity index is 2.98. The maximum atomic E-state index is 8.34. The Bertz CT molecular complexity index is 341. The lowest BCUT2D eigenvalue weighted by molar-refractivity contribution is -0.0229. The topological polar surface area (TPSA) is 97.6 Å². The van der Waals surface area contributed by atoms with Crippen LogP contribution >= 0.6 is 0 Å². The summed E-state index contributed by atoms with van der Waals surface area (Å²) < 4.78 is 42.8. The van der Waals surface area contributed by atoms with Gasteiger partial charge in [-0.25, -0.2) is 0 Å². The summed E-state index contributed by atoms with van der Waals surface area (Å²) in [7, 11) is 0. The SMILES string of the molecule is CCCOCCOCCOCCOCCOCCOCCOCCOCCC#N. The van der Waals surface area contributed by atoms with Gasteiger partial charge < -0.3 is 37.9 Å². The van der Waals surface area contributed by atoms with Crippen LogP contribution in [-0.4, -0.2) is 106 Å². The van der Waals surface area contributed by atoms with Crippen molar-refractivity contribution in [1.29, 1.82) is 5.26 Å². The van der Waals surface area contributed by atoms with E-state index in [9.17, 15) is 0 Å². The number of nitriles is 1. The van der Waals surface area contributed by atoms with Gasteiger partial charge in [0.25, 0.3) is 0 Å². The van der Waals surface area contributed by atoms with E-state index in [-0.39, 0.29) is 0 Å². The van der Waals surface area contributed by atoms with Crippen LogP contribution in [0.5, 0.6) is 0 Å². The third-order valence-corrected chi connectivity index (χ3v) is 3.31. The molecule has 172 valence electrons. The van der Waals surface area contributed by atoms with E-state index in [1.54, 1.807) is 0 Å². The summed E-state index contributed by atoms with van der Waals surface area (Å²) in [6, 6.07) is 2.02. The molecular weight excluding hydrogens is 382 g/mol. The summed E-state index contributed by atoms with van der Waals surface area (Å²) in [6.45, 7) is 10.9. The van der Waals surface area contributed by atoms with E-state index in [2.05, 4.69) is 6.92 Å². The van der Waals surface area contributed by atoms with Crippen LogP contribution in [0.15, 0.2) is 0 Å². The molecule has 0 aliphatic carbocycles. The van der Waals surface area contributed by atoms with Gasteiger partial charge in [0.1, 0.15) is 0 Å². The van der Waals surface area contributed by atoms with Crippen LogP contribution in [0.3, 0.4) is 0 Å². The highest BCUT2D eigenvalue weighted by atomic mass is 16.6. The summed E-state index contributed by atoms with van der Waals surface area (Å²) >= 11 is 0. The van der Waals surface area contributed by atoms with Crippen LogP contribution in [0.2, 0.25) is 0 Å². The first-order chi connectivity index (χ1) is 14.4. The van der Waals surface area contributed by atoms with Gasteiger partial charge in [-0.15, -0.1) is 0 Å². The van der Waals surface area contributed by atoms with Crippen LogP contribution < -0.4 is 0 Å². The number of rotatable bonds is 25. The first-order valence-corrected chi connectivity index (χ1v) is 10.4. The van der Waals surface area contributed by atoms with E-state index >= 15 is 0 Å². The minimum Gasteiger partial charge on any atom is -0.379 e. The van der Waals surface area contributed by atoms with Crippen LogP contribution in [0.25, 0.3) is 0 Å². The van der Waals surface area contributed by atoms with E-state index in [1.807, 2.05) is 6.07 Å². The molecule has 0 radical (unpaired) electrons. The molecule has 0 aromatic heterocycles. The highest BCUT2D eigenvalue weighted by Crippen LogP contribution is 1.86. The van der Waals surface area contributed by atoms with Crippen LogP contribution in [0.4, 0.5) is 0 Å². The Labute approximate surface area is 175 Å². The first-order valence-electron chi connectivity index (χ1n) is 10.4. The molecule has 0 aliphatic rings.